The van der Waals surface area contributed by atoms with Crippen molar-refractivity contribution in [2.75, 3.05) is 18.9 Å². The average molecular weight is 475 g/mol. The first-order valence-electron chi connectivity index (χ1n) is 11.9. The minimum Gasteiger partial charge on any atom is -0.352 e. The molecule has 0 aromatic heterocycles. The number of rotatable bonds is 17. The molecule has 1 rings (SSSR count). The summed E-state index contributed by atoms with van der Waals surface area (Å²) in [6.45, 7) is 9.78. The summed E-state index contributed by atoms with van der Waals surface area (Å²) >= 11 is 1.70. The van der Waals surface area contributed by atoms with Gasteiger partial charge in [0.25, 0.3) is 5.91 Å². The van der Waals surface area contributed by atoms with Crippen LogP contribution in [0.2, 0.25) is 0 Å². The van der Waals surface area contributed by atoms with Crippen LogP contribution in [-0.2, 0) is 4.84 Å². The Hall–Kier alpha value is -1.86. The number of allylic oxidation sites excluding steroid dienone is 5. The van der Waals surface area contributed by atoms with Crippen molar-refractivity contribution < 1.29 is 14.8 Å². The van der Waals surface area contributed by atoms with Gasteiger partial charge in [-0.15, -0.1) is 11.8 Å². The van der Waals surface area contributed by atoms with E-state index < -0.39 is 0 Å². The summed E-state index contributed by atoms with van der Waals surface area (Å²) < 4.78 is 0. The van der Waals surface area contributed by atoms with Gasteiger partial charge in [0, 0.05) is 17.2 Å². The van der Waals surface area contributed by atoms with Gasteiger partial charge in [0.15, 0.2) is 0 Å². The fourth-order valence-electron chi connectivity index (χ4n) is 3.21. The van der Waals surface area contributed by atoms with E-state index in [0.29, 0.717) is 13.2 Å². The summed E-state index contributed by atoms with van der Waals surface area (Å²) in [5, 5.41) is 11.3. The largest absolute Gasteiger partial charge is 0.352 e. The highest BCUT2D eigenvalue weighted by molar-refractivity contribution is 7.99. The van der Waals surface area contributed by atoms with Gasteiger partial charge in [-0.05, 0) is 84.8 Å². The highest BCUT2D eigenvalue weighted by atomic mass is 32.2. The molecule has 184 valence electrons. The fraction of sp³-hybridized carbons (Fsp3) is 0.519. The number of amides is 1. The van der Waals surface area contributed by atoms with Gasteiger partial charge in [0.05, 0.1) is 12.2 Å². The molecule has 0 unspecified atom stereocenters. The van der Waals surface area contributed by atoms with E-state index >= 15 is 0 Å². The van der Waals surface area contributed by atoms with Crippen molar-refractivity contribution in [3.63, 3.8) is 0 Å². The second-order valence-corrected chi connectivity index (χ2v) is 9.59. The molecular formula is C27H42N2O3S. The third-order valence-electron chi connectivity index (χ3n) is 5.20. The molecule has 0 radical (unpaired) electrons. The van der Waals surface area contributed by atoms with E-state index in [9.17, 15) is 4.79 Å². The lowest BCUT2D eigenvalue weighted by molar-refractivity contribution is -0.127. The van der Waals surface area contributed by atoms with E-state index in [0.717, 1.165) is 61.2 Å². The number of hydrogen-bond acceptors (Lipinski definition) is 5. The van der Waals surface area contributed by atoms with E-state index in [1.54, 1.807) is 17.4 Å². The summed E-state index contributed by atoms with van der Waals surface area (Å²) in [5.74, 6) is 0.832. The second-order valence-electron chi connectivity index (χ2n) is 8.52. The molecule has 0 saturated carbocycles. The summed E-state index contributed by atoms with van der Waals surface area (Å²) in [7, 11) is 0. The van der Waals surface area contributed by atoms with Crippen molar-refractivity contribution >= 4 is 17.7 Å². The lowest BCUT2D eigenvalue weighted by Gasteiger charge is -2.09. The maximum absolute atomic E-state index is 12.6. The van der Waals surface area contributed by atoms with Crippen LogP contribution in [0.4, 0.5) is 0 Å². The molecule has 1 amide bonds. The van der Waals surface area contributed by atoms with Crippen molar-refractivity contribution in [1.29, 1.82) is 0 Å². The molecule has 0 aliphatic rings. The smallest absolute Gasteiger partial charge is 0.252 e. The van der Waals surface area contributed by atoms with Crippen molar-refractivity contribution in [3.05, 3.63) is 64.8 Å². The summed E-state index contributed by atoms with van der Waals surface area (Å²) in [6.07, 6.45) is 14.0. The SMILES string of the molecule is CC(C)=CCCC(C)=CCCC(C)=CCSc1ccccc1C(=O)NCCCCCONO. The van der Waals surface area contributed by atoms with E-state index in [1.165, 1.54) is 16.7 Å². The van der Waals surface area contributed by atoms with Gasteiger partial charge in [-0.2, -0.15) is 0 Å². The first-order valence-corrected chi connectivity index (χ1v) is 12.9. The van der Waals surface area contributed by atoms with E-state index in [1.807, 2.05) is 24.3 Å². The second kappa shape index (κ2) is 18.6. The molecule has 0 bridgehead atoms. The van der Waals surface area contributed by atoms with Gasteiger partial charge < -0.3 is 5.32 Å². The van der Waals surface area contributed by atoms with Gasteiger partial charge in [0.1, 0.15) is 0 Å². The average Bonchev–Trinajstić information content (AvgIpc) is 2.78. The van der Waals surface area contributed by atoms with Gasteiger partial charge in [0.2, 0.25) is 0 Å². The molecule has 6 heteroatoms. The molecule has 0 atom stereocenters. The third kappa shape index (κ3) is 14.8. The van der Waals surface area contributed by atoms with Crippen LogP contribution in [0, 0.1) is 0 Å². The molecule has 1 aromatic carbocycles. The summed E-state index contributed by atoms with van der Waals surface area (Å²) in [6, 6.07) is 7.79. The normalized spacial score (nSPS) is 12.0. The molecule has 0 aliphatic heterocycles. The fourth-order valence-corrected chi connectivity index (χ4v) is 4.25. The standard InChI is InChI=1S/C27H42N2O3S/c1-22(2)12-10-13-23(3)14-11-15-24(4)18-21-33-26-17-7-6-16-25(26)27(30)28-19-8-5-9-20-32-29-31/h6-7,12,14,16-18,29,31H,5,8-11,13,15,19-21H2,1-4H3,(H,28,30). The highest BCUT2D eigenvalue weighted by Crippen LogP contribution is 2.23. The zero-order valence-corrected chi connectivity index (χ0v) is 21.6. The summed E-state index contributed by atoms with van der Waals surface area (Å²) in [4.78, 5) is 18.3. The van der Waals surface area contributed by atoms with Crippen LogP contribution < -0.4 is 11.0 Å². The Morgan fingerprint density at radius 2 is 1.67 bits per heavy atom. The first kappa shape index (κ1) is 29.2. The predicted molar refractivity (Wildman–Crippen MR) is 140 cm³/mol. The third-order valence-corrected chi connectivity index (χ3v) is 6.20. The first-order chi connectivity index (χ1) is 15.9. The number of carbonyl (C=O) groups is 1. The number of benzene rings is 1. The minimum atomic E-state index is -0.0270. The van der Waals surface area contributed by atoms with Crippen molar-refractivity contribution in [3.8, 4) is 0 Å². The van der Waals surface area contributed by atoms with Crippen LogP contribution >= 0.6 is 11.8 Å². The Morgan fingerprint density at radius 1 is 0.970 bits per heavy atom. The van der Waals surface area contributed by atoms with Crippen LogP contribution in [0.3, 0.4) is 0 Å². The lowest BCUT2D eigenvalue weighted by Crippen LogP contribution is -2.25. The number of carbonyl (C=O) groups excluding carboxylic acids is 1. The predicted octanol–water partition coefficient (Wildman–Crippen LogP) is 7.01. The van der Waals surface area contributed by atoms with Gasteiger partial charge in [-0.1, -0.05) is 52.7 Å². The molecule has 5 nitrogen and oxygen atoms in total. The quantitative estimate of drug-likeness (QED) is 0.0980. The van der Waals surface area contributed by atoms with Crippen molar-refractivity contribution in [2.45, 2.75) is 77.5 Å². The zero-order chi connectivity index (χ0) is 24.3. The van der Waals surface area contributed by atoms with E-state index in [2.05, 4.69) is 56.1 Å². The molecule has 0 aliphatic carbocycles. The topological polar surface area (TPSA) is 70.6 Å². The molecule has 0 heterocycles. The number of unbranched alkanes of at least 4 members (excludes halogenated alkanes) is 2. The van der Waals surface area contributed by atoms with Crippen LogP contribution in [0.5, 0.6) is 0 Å². The van der Waals surface area contributed by atoms with Gasteiger partial charge in [-0.3, -0.25) is 14.8 Å². The molecule has 0 fully saturated rings. The van der Waals surface area contributed by atoms with E-state index in [-0.39, 0.29) is 5.91 Å². The molecule has 3 N–H and O–H groups in total. The van der Waals surface area contributed by atoms with Crippen LogP contribution in [-0.4, -0.2) is 30.0 Å². The molecular weight excluding hydrogens is 432 g/mol. The van der Waals surface area contributed by atoms with Crippen molar-refractivity contribution in [2.24, 2.45) is 0 Å². The highest BCUT2D eigenvalue weighted by Gasteiger charge is 2.10. The minimum absolute atomic E-state index is 0.0270. The Labute approximate surface area is 204 Å². The van der Waals surface area contributed by atoms with Crippen molar-refractivity contribution in [1.82, 2.24) is 11.0 Å². The zero-order valence-electron chi connectivity index (χ0n) is 20.8. The number of nitrogens with one attached hydrogen (secondary N) is 2. The number of hydrogen-bond donors (Lipinski definition) is 3. The Morgan fingerprint density at radius 3 is 2.39 bits per heavy atom. The van der Waals surface area contributed by atoms with Crippen LogP contribution in [0.1, 0.15) is 83.0 Å². The molecule has 33 heavy (non-hydrogen) atoms. The van der Waals surface area contributed by atoms with Gasteiger partial charge in [-0.25, -0.2) is 0 Å². The maximum atomic E-state index is 12.6. The van der Waals surface area contributed by atoms with Gasteiger partial charge >= 0.3 is 0 Å². The Kier molecular flexibility index (Phi) is 16.4. The molecule has 0 spiro atoms. The number of thioether (sulfide) groups is 1. The monoisotopic (exact) mass is 474 g/mol. The Balaban J connectivity index is 2.40. The van der Waals surface area contributed by atoms with Crippen LogP contribution in [0.25, 0.3) is 0 Å². The molecule has 1 aromatic rings. The molecule has 0 saturated heterocycles. The maximum Gasteiger partial charge on any atom is 0.252 e. The van der Waals surface area contributed by atoms with E-state index in [4.69, 9.17) is 5.21 Å². The lowest BCUT2D eigenvalue weighted by atomic mass is 10.1. The summed E-state index contributed by atoms with van der Waals surface area (Å²) in [5.41, 5.74) is 6.64. The Bertz CT molecular complexity index is 783. The van der Waals surface area contributed by atoms with Crippen LogP contribution in [0.15, 0.2) is 64.1 Å².